The minimum absolute atomic E-state index is 0.0685. The van der Waals surface area contributed by atoms with E-state index in [1.54, 1.807) is 36.4 Å². The number of ether oxygens (including phenoxy) is 1. The van der Waals surface area contributed by atoms with E-state index in [2.05, 4.69) is 5.32 Å². The molecule has 0 saturated heterocycles. The lowest BCUT2D eigenvalue weighted by Crippen LogP contribution is -2.31. The zero-order valence-electron chi connectivity index (χ0n) is 17.9. The van der Waals surface area contributed by atoms with Gasteiger partial charge < -0.3 is 10.1 Å². The summed E-state index contributed by atoms with van der Waals surface area (Å²) < 4.78 is 44.5. The molecule has 3 aromatic rings. The molecule has 1 N–H and O–H groups in total. The van der Waals surface area contributed by atoms with Crippen molar-refractivity contribution in [3.63, 3.8) is 0 Å². The van der Waals surface area contributed by atoms with Crippen LogP contribution in [0.5, 0.6) is 5.75 Å². The van der Waals surface area contributed by atoms with E-state index in [4.69, 9.17) is 4.74 Å². The molecule has 32 heavy (non-hydrogen) atoms. The van der Waals surface area contributed by atoms with Crippen molar-refractivity contribution in [1.29, 1.82) is 0 Å². The molecule has 0 bridgehead atoms. The molecule has 0 heterocycles. The SMILES string of the molecule is CC(NC(=O)COc1ccc(N(Cc2ccc(F)cc2)S(C)(=O)=O)cc1)c1ccccc1. The summed E-state index contributed by atoms with van der Waals surface area (Å²) in [5.41, 5.74) is 2.08. The Morgan fingerprint density at radius 1 is 1.00 bits per heavy atom. The first kappa shape index (κ1) is 23.3. The molecule has 0 fully saturated rings. The number of amides is 1. The Balaban J connectivity index is 1.61. The number of benzene rings is 3. The second kappa shape index (κ2) is 10.3. The van der Waals surface area contributed by atoms with E-state index < -0.39 is 10.0 Å². The van der Waals surface area contributed by atoms with E-state index in [9.17, 15) is 17.6 Å². The highest BCUT2D eigenvalue weighted by molar-refractivity contribution is 7.92. The Bertz CT molecular complexity index is 1130. The topological polar surface area (TPSA) is 75.7 Å². The van der Waals surface area contributed by atoms with E-state index >= 15 is 0 Å². The van der Waals surface area contributed by atoms with Crippen LogP contribution in [-0.2, 0) is 21.4 Å². The maximum absolute atomic E-state index is 13.1. The number of anilines is 1. The predicted molar refractivity (Wildman–Crippen MR) is 122 cm³/mol. The van der Waals surface area contributed by atoms with Crippen LogP contribution in [0.3, 0.4) is 0 Å². The van der Waals surface area contributed by atoms with E-state index in [0.717, 1.165) is 11.8 Å². The summed E-state index contributed by atoms with van der Waals surface area (Å²) in [7, 11) is -3.57. The number of carbonyl (C=O) groups excluding carboxylic acids is 1. The highest BCUT2D eigenvalue weighted by Gasteiger charge is 2.18. The quantitative estimate of drug-likeness (QED) is 0.527. The van der Waals surface area contributed by atoms with Crippen LogP contribution in [0.15, 0.2) is 78.9 Å². The number of carbonyl (C=O) groups is 1. The second-order valence-corrected chi connectivity index (χ2v) is 9.29. The van der Waals surface area contributed by atoms with Gasteiger partial charge in [-0.25, -0.2) is 12.8 Å². The molecular formula is C24H25FN2O4S. The van der Waals surface area contributed by atoms with E-state index in [-0.39, 0.29) is 30.9 Å². The molecule has 0 radical (unpaired) electrons. The van der Waals surface area contributed by atoms with Crippen LogP contribution in [0, 0.1) is 5.82 Å². The molecule has 0 spiro atoms. The van der Waals surface area contributed by atoms with Crippen molar-refractivity contribution < 1.29 is 22.3 Å². The summed E-state index contributed by atoms with van der Waals surface area (Å²) >= 11 is 0. The summed E-state index contributed by atoms with van der Waals surface area (Å²) in [6, 6.07) is 21.5. The van der Waals surface area contributed by atoms with Crippen molar-refractivity contribution in [3.8, 4) is 5.75 Å². The zero-order valence-corrected chi connectivity index (χ0v) is 18.7. The van der Waals surface area contributed by atoms with E-state index in [1.807, 2.05) is 37.3 Å². The fourth-order valence-electron chi connectivity index (χ4n) is 3.12. The molecule has 0 aromatic heterocycles. The van der Waals surface area contributed by atoms with Crippen molar-refractivity contribution in [3.05, 3.63) is 95.8 Å². The minimum Gasteiger partial charge on any atom is -0.484 e. The third kappa shape index (κ3) is 6.55. The van der Waals surface area contributed by atoms with Gasteiger partial charge in [-0.15, -0.1) is 0 Å². The first-order valence-electron chi connectivity index (χ1n) is 10.0. The van der Waals surface area contributed by atoms with Crippen molar-refractivity contribution >= 4 is 21.6 Å². The molecule has 3 rings (SSSR count). The number of hydrogen-bond acceptors (Lipinski definition) is 4. The van der Waals surface area contributed by atoms with Crippen molar-refractivity contribution in [1.82, 2.24) is 5.32 Å². The Labute approximate surface area is 187 Å². The lowest BCUT2D eigenvalue weighted by atomic mass is 10.1. The fraction of sp³-hybridized carbons (Fsp3) is 0.208. The number of nitrogens with zero attached hydrogens (tertiary/aromatic N) is 1. The number of rotatable bonds is 9. The predicted octanol–water partition coefficient (Wildman–Crippen LogP) is 4.05. The third-order valence-electron chi connectivity index (χ3n) is 4.81. The van der Waals surface area contributed by atoms with Gasteiger partial charge in [0.2, 0.25) is 10.0 Å². The molecule has 0 aliphatic carbocycles. The Hall–Kier alpha value is -3.39. The molecule has 1 amide bonds. The van der Waals surface area contributed by atoms with Crippen LogP contribution in [0.4, 0.5) is 10.1 Å². The number of hydrogen-bond donors (Lipinski definition) is 1. The van der Waals surface area contributed by atoms with Gasteiger partial charge in [-0.1, -0.05) is 42.5 Å². The van der Waals surface area contributed by atoms with Crippen molar-refractivity contribution in [2.75, 3.05) is 17.2 Å². The van der Waals surface area contributed by atoms with Gasteiger partial charge >= 0.3 is 0 Å². The molecule has 0 saturated carbocycles. The summed E-state index contributed by atoms with van der Waals surface area (Å²) in [5.74, 6) is -0.214. The normalized spacial score (nSPS) is 12.1. The fourth-order valence-corrected chi connectivity index (χ4v) is 4.01. The number of sulfonamides is 1. The van der Waals surface area contributed by atoms with Gasteiger partial charge in [0, 0.05) is 0 Å². The average Bonchev–Trinajstić information content (AvgIpc) is 2.77. The van der Waals surface area contributed by atoms with Gasteiger partial charge in [-0.05, 0) is 54.4 Å². The second-order valence-electron chi connectivity index (χ2n) is 7.38. The van der Waals surface area contributed by atoms with Gasteiger partial charge in [0.05, 0.1) is 24.5 Å². The standard InChI is InChI=1S/C24H25FN2O4S/c1-18(20-6-4-3-5-7-20)26-24(28)17-31-23-14-12-22(13-15-23)27(32(2,29)30)16-19-8-10-21(25)11-9-19/h3-15,18H,16-17H2,1-2H3,(H,26,28). The summed E-state index contributed by atoms with van der Waals surface area (Å²) in [6.07, 6.45) is 1.11. The summed E-state index contributed by atoms with van der Waals surface area (Å²) in [4.78, 5) is 12.2. The summed E-state index contributed by atoms with van der Waals surface area (Å²) in [6.45, 7) is 1.80. The third-order valence-corrected chi connectivity index (χ3v) is 5.95. The van der Waals surface area contributed by atoms with Crippen molar-refractivity contribution in [2.45, 2.75) is 19.5 Å². The molecule has 168 valence electrons. The van der Waals surface area contributed by atoms with Crippen LogP contribution in [-0.4, -0.2) is 27.2 Å². The zero-order chi connectivity index (χ0) is 23.1. The highest BCUT2D eigenvalue weighted by Crippen LogP contribution is 2.24. The van der Waals surface area contributed by atoms with Crippen LogP contribution >= 0.6 is 0 Å². The van der Waals surface area contributed by atoms with E-state index in [1.165, 1.54) is 16.4 Å². The average molecular weight is 457 g/mol. The van der Waals surface area contributed by atoms with Gasteiger partial charge in [0.15, 0.2) is 6.61 Å². The summed E-state index contributed by atoms with van der Waals surface area (Å²) in [5, 5.41) is 2.87. The highest BCUT2D eigenvalue weighted by atomic mass is 32.2. The first-order valence-corrected chi connectivity index (χ1v) is 11.9. The lowest BCUT2D eigenvalue weighted by molar-refractivity contribution is -0.123. The maximum Gasteiger partial charge on any atom is 0.258 e. The number of halogens is 1. The molecule has 3 aromatic carbocycles. The molecule has 1 unspecified atom stereocenters. The molecule has 8 heteroatoms. The van der Waals surface area contributed by atoms with Crippen LogP contribution in [0.25, 0.3) is 0 Å². The molecule has 0 aliphatic rings. The number of nitrogens with one attached hydrogen (secondary N) is 1. The lowest BCUT2D eigenvalue weighted by Gasteiger charge is -2.23. The van der Waals surface area contributed by atoms with Gasteiger partial charge in [-0.2, -0.15) is 0 Å². The van der Waals surface area contributed by atoms with Crippen LogP contribution in [0.2, 0.25) is 0 Å². The maximum atomic E-state index is 13.1. The van der Waals surface area contributed by atoms with E-state index in [0.29, 0.717) is 17.0 Å². The smallest absolute Gasteiger partial charge is 0.258 e. The molecular weight excluding hydrogens is 431 g/mol. The molecule has 1 atom stereocenters. The van der Waals surface area contributed by atoms with Crippen LogP contribution in [0.1, 0.15) is 24.1 Å². The molecule has 6 nitrogen and oxygen atoms in total. The van der Waals surface area contributed by atoms with Crippen LogP contribution < -0.4 is 14.4 Å². The Morgan fingerprint density at radius 2 is 1.62 bits per heavy atom. The first-order chi connectivity index (χ1) is 15.2. The Morgan fingerprint density at radius 3 is 2.22 bits per heavy atom. The molecule has 0 aliphatic heterocycles. The largest absolute Gasteiger partial charge is 0.484 e. The van der Waals surface area contributed by atoms with Gasteiger partial charge in [0.25, 0.3) is 5.91 Å². The minimum atomic E-state index is -3.57. The van der Waals surface area contributed by atoms with Gasteiger partial charge in [0.1, 0.15) is 11.6 Å². The monoisotopic (exact) mass is 456 g/mol. The Kier molecular flexibility index (Phi) is 7.48. The van der Waals surface area contributed by atoms with Gasteiger partial charge in [-0.3, -0.25) is 9.10 Å². The van der Waals surface area contributed by atoms with Crippen molar-refractivity contribution in [2.24, 2.45) is 0 Å².